The minimum atomic E-state index is -5.89. The number of aromatic nitrogens is 6. The second kappa shape index (κ2) is 6.61. The van der Waals surface area contributed by atoms with Gasteiger partial charge in [-0.2, -0.15) is 31.3 Å². The SMILES string of the molecule is CCCCCc1nnn(C(=O)n2ccnn2)c1C(F)(F)C(F)(F)F. The Bertz CT molecular complexity index is 693. The lowest BCUT2D eigenvalue weighted by Gasteiger charge is -2.20. The first-order valence-electron chi connectivity index (χ1n) is 7.00. The molecule has 2 aromatic heterocycles. The Balaban J connectivity index is 2.50. The standard InChI is InChI=1S/C12H13F5N6O/c1-2-3-4-5-8-9(11(13,14)12(15,16)17)23(21-19-8)10(24)22-7-6-18-20-22/h6-7H,2-5H2,1H3. The molecule has 0 amide bonds. The normalized spacial score (nSPS) is 12.6. The van der Waals surface area contributed by atoms with Crippen molar-refractivity contribution in [3.8, 4) is 0 Å². The van der Waals surface area contributed by atoms with E-state index >= 15 is 0 Å². The van der Waals surface area contributed by atoms with Crippen molar-refractivity contribution in [1.82, 2.24) is 30.0 Å². The fourth-order valence-corrected chi connectivity index (χ4v) is 2.01. The number of nitrogens with zero attached hydrogens (tertiary/aromatic N) is 6. The summed E-state index contributed by atoms with van der Waals surface area (Å²) in [5.74, 6) is -5.28. The fourth-order valence-electron chi connectivity index (χ4n) is 2.01. The quantitative estimate of drug-likeness (QED) is 0.611. The maximum atomic E-state index is 13.9. The average Bonchev–Trinajstić information content (AvgIpc) is 3.15. The molecule has 0 aromatic carbocycles. The molecule has 132 valence electrons. The molecule has 2 rings (SSSR count). The number of alkyl halides is 5. The second-order valence-corrected chi connectivity index (χ2v) is 4.96. The van der Waals surface area contributed by atoms with E-state index < -0.39 is 29.5 Å². The molecular formula is C12H13F5N6O. The van der Waals surface area contributed by atoms with E-state index in [4.69, 9.17) is 0 Å². The Morgan fingerprint density at radius 2 is 1.88 bits per heavy atom. The minimum Gasteiger partial charge on any atom is -0.243 e. The van der Waals surface area contributed by atoms with Crippen molar-refractivity contribution in [1.29, 1.82) is 0 Å². The van der Waals surface area contributed by atoms with Gasteiger partial charge in [0.2, 0.25) is 0 Å². The maximum Gasteiger partial charge on any atom is 0.459 e. The molecule has 0 aliphatic carbocycles. The molecular weight excluding hydrogens is 339 g/mol. The number of rotatable bonds is 5. The molecule has 2 aromatic rings. The second-order valence-electron chi connectivity index (χ2n) is 4.96. The Kier molecular flexibility index (Phi) is 4.94. The van der Waals surface area contributed by atoms with Crippen molar-refractivity contribution >= 4 is 6.03 Å². The molecule has 0 N–H and O–H groups in total. The molecule has 0 saturated heterocycles. The van der Waals surface area contributed by atoms with Crippen LogP contribution >= 0.6 is 0 Å². The molecule has 0 atom stereocenters. The molecule has 0 aliphatic rings. The third-order valence-electron chi connectivity index (χ3n) is 3.21. The molecule has 2 heterocycles. The summed E-state index contributed by atoms with van der Waals surface area (Å²) in [5, 5.41) is 13.1. The van der Waals surface area contributed by atoms with Crippen molar-refractivity contribution in [2.75, 3.05) is 0 Å². The summed E-state index contributed by atoms with van der Waals surface area (Å²) < 4.78 is 66.6. The Morgan fingerprint density at radius 1 is 1.17 bits per heavy atom. The molecule has 0 aliphatic heterocycles. The van der Waals surface area contributed by atoms with Gasteiger partial charge in [-0.15, -0.1) is 10.2 Å². The van der Waals surface area contributed by atoms with Gasteiger partial charge in [-0.05, 0) is 12.8 Å². The van der Waals surface area contributed by atoms with Gasteiger partial charge < -0.3 is 0 Å². The summed E-state index contributed by atoms with van der Waals surface area (Å²) in [6.45, 7) is 1.84. The van der Waals surface area contributed by atoms with Crippen molar-refractivity contribution < 1.29 is 26.7 Å². The van der Waals surface area contributed by atoms with Gasteiger partial charge >= 0.3 is 18.1 Å². The van der Waals surface area contributed by atoms with Gasteiger partial charge in [0.05, 0.1) is 18.1 Å². The van der Waals surface area contributed by atoms with Crippen LogP contribution in [-0.2, 0) is 12.3 Å². The van der Waals surface area contributed by atoms with Crippen LogP contribution in [0.2, 0.25) is 0 Å². The number of halogens is 5. The van der Waals surface area contributed by atoms with Crippen LogP contribution in [-0.4, -0.2) is 42.2 Å². The van der Waals surface area contributed by atoms with Gasteiger partial charge in [-0.25, -0.2) is 4.79 Å². The van der Waals surface area contributed by atoms with Crippen molar-refractivity contribution in [2.24, 2.45) is 0 Å². The van der Waals surface area contributed by atoms with Crippen molar-refractivity contribution in [2.45, 2.75) is 44.7 Å². The van der Waals surface area contributed by atoms with Crippen LogP contribution < -0.4 is 0 Å². The Hall–Kier alpha value is -2.40. The van der Waals surface area contributed by atoms with Gasteiger partial charge in [-0.3, -0.25) is 0 Å². The average molecular weight is 352 g/mol. The van der Waals surface area contributed by atoms with E-state index in [1.165, 1.54) is 0 Å². The zero-order valence-electron chi connectivity index (χ0n) is 12.5. The third-order valence-corrected chi connectivity index (χ3v) is 3.21. The lowest BCUT2D eigenvalue weighted by atomic mass is 10.1. The smallest absolute Gasteiger partial charge is 0.243 e. The molecule has 7 nitrogen and oxygen atoms in total. The van der Waals surface area contributed by atoms with Gasteiger partial charge in [0, 0.05) is 0 Å². The molecule has 12 heteroatoms. The van der Waals surface area contributed by atoms with E-state index in [1.807, 2.05) is 6.92 Å². The number of unbranched alkanes of at least 4 members (excludes halogenated alkanes) is 2. The first-order valence-corrected chi connectivity index (χ1v) is 7.00. The number of carbonyl (C=O) groups excluding carboxylic acids is 1. The fraction of sp³-hybridized carbons (Fsp3) is 0.583. The van der Waals surface area contributed by atoms with Crippen molar-refractivity contribution in [3.63, 3.8) is 0 Å². The molecule has 0 spiro atoms. The molecule has 0 unspecified atom stereocenters. The van der Waals surface area contributed by atoms with Crippen LogP contribution in [0.25, 0.3) is 0 Å². The van der Waals surface area contributed by atoms with Crippen LogP contribution in [0.15, 0.2) is 12.4 Å². The molecule has 0 saturated carbocycles. The molecule has 0 bridgehead atoms. The highest BCUT2D eigenvalue weighted by Crippen LogP contribution is 2.44. The van der Waals surface area contributed by atoms with Gasteiger partial charge in [0.25, 0.3) is 0 Å². The van der Waals surface area contributed by atoms with E-state index in [0.717, 1.165) is 18.8 Å². The number of hydrogen-bond acceptors (Lipinski definition) is 5. The summed E-state index contributed by atoms with van der Waals surface area (Å²) in [6.07, 6.45) is -2.30. The predicted molar refractivity (Wildman–Crippen MR) is 69.4 cm³/mol. The zero-order valence-corrected chi connectivity index (χ0v) is 12.5. The molecule has 24 heavy (non-hydrogen) atoms. The first-order chi connectivity index (χ1) is 11.2. The summed E-state index contributed by atoms with van der Waals surface area (Å²) in [7, 11) is 0. The van der Waals surface area contributed by atoms with E-state index in [1.54, 1.807) is 0 Å². The highest BCUT2D eigenvalue weighted by molar-refractivity contribution is 5.78. The lowest BCUT2D eigenvalue weighted by molar-refractivity contribution is -0.291. The van der Waals surface area contributed by atoms with Crippen LogP contribution in [0.4, 0.5) is 26.7 Å². The number of aryl methyl sites for hydroxylation is 1. The highest BCUT2D eigenvalue weighted by Gasteiger charge is 2.62. The van der Waals surface area contributed by atoms with E-state index in [0.29, 0.717) is 17.5 Å². The topological polar surface area (TPSA) is 78.5 Å². The van der Waals surface area contributed by atoms with E-state index in [-0.39, 0.29) is 11.1 Å². The largest absolute Gasteiger partial charge is 0.459 e. The van der Waals surface area contributed by atoms with E-state index in [2.05, 4.69) is 20.6 Å². The van der Waals surface area contributed by atoms with Gasteiger partial charge in [0.15, 0.2) is 5.69 Å². The van der Waals surface area contributed by atoms with Crippen LogP contribution in [0.1, 0.15) is 37.6 Å². The lowest BCUT2D eigenvalue weighted by Crippen LogP contribution is -2.39. The zero-order chi connectivity index (χ0) is 18.0. The monoisotopic (exact) mass is 352 g/mol. The van der Waals surface area contributed by atoms with E-state index in [9.17, 15) is 26.7 Å². The highest BCUT2D eigenvalue weighted by atomic mass is 19.4. The van der Waals surface area contributed by atoms with Crippen LogP contribution in [0, 0.1) is 0 Å². The van der Waals surface area contributed by atoms with Crippen LogP contribution in [0.3, 0.4) is 0 Å². The Labute approximate surface area is 132 Å². The summed E-state index contributed by atoms with van der Waals surface area (Å²) in [6, 6.07) is -1.33. The molecule has 0 fully saturated rings. The van der Waals surface area contributed by atoms with Crippen LogP contribution in [0.5, 0.6) is 0 Å². The maximum absolute atomic E-state index is 13.9. The summed E-state index contributed by atoms with van der Waals surface area (Å²) in [4.78, 5) is 12.1. The predicted octanol–water partition coefficient (Wildman–Crippen LogP) is 2.77. The molecule has 0 radical (unpaired) electrons. The number of hydrogen-bond donors (Lipinski definition) is 0. The first kappa shape index (κ1) is 17.9. The summed E-state index contributed by atoms with van der Waals surface area (Å²) in [5.41, 5.74) is -2.16. The Morgan fingerprint density at radius 3 is 2.42 bits per heavy atom. The van der Waals surface area contributed by atoms with Gasteiger partial charge in [-0.1, -0.05) is 30.2 Å². The minimum absolute atomic E-state index is 0.0799. The summed E-state index contributed by atoms with van der Waals surface area (Å²) >= 11 is 0. The number of carbonyl (C=O) groups is 1. The third kappa shape index (κ3) is 3.26. The van der Waals surface area contributed by atoms with Crippen molar-refractivity contribution in [3.05, 3.63) is 23.8 Å². The van der Waals surface area contributed by atoms with Gasteiger partial charge in [0.1, 0.15) is 0 Å².